The number of carbonyl (C=O) groups is 1. The van der Waals surface area contributed by atoms with E-state index >= 15 is 0 Å². The standard InChI is InChI=1S/C14H23N5OS/c1-5-9(3)15-11(20)7-8-19-13-12(16-14(19)21)10(6-2)17-18(13)4/h9H,5-8H2,1-4H3,(H,15,20)(H,16,21). The highest BCUT2D eigenvalue weighted by molar-refractivity contribution is 7.71. The summed E-state index contributed by atoms with van der Waals surface area (Å²) in [6, 6.07) is 0.208. The molecule has 2 N–H and O–H groups in total. The number of hydrogen-bond acceptors (Lipinski definition) is 3. The molecular weight excluding hydrogens is 286 g/mol. The zero-order valence-electron chi connectivity index (χ0n) is 13.1. The lowest BCUT2D eigenvalue weighted by atomic mass is 10.2. The van der Waals surface area contributed by atoms with Crippen molar-refractivity contribution in [2.24, 2.45) is 7.05 Å². The average Bonchev–Trinajstić information content (AvgIpc) is 2.93. The van der Waals surface area contributed by atoms with E-state index in [1.165, 1.54) is 0 Å². The zero-order chi connectivity index (χ0) is 15.6. The van der Waals surface area contributed by atoms with Crippen LogP contribution in [0.3, 0.4) is 0 Å². The van der Waals surface area contributed by atoms with Crippen LogP contribution in [0.5, 0.6) is 0 Å². The molecular formula is C14H23N5OS. The average molecular weight is 309 g/mol. The molecule has 0 aliphatic heterocycles. The van der Waals surface area contributed by atoms with E-state index < -0.39 is 0 Å². The molecule has 0 bridgehead atoms. The molecule has 116 valence electrons. The van der Waals surface area contributed by atoms with E-state index in [0.717, 1.165) is 29.7 Å². The molecule has 0 saturated heterocycles. The summed E-state index contributed by atoms with van der Waals surface area (Å²) >= 11 is 5.37. The van der Waals surface area contributed by atoms with Gasteiger partial charge in [0.1, 0.15) is 5.52 Å². The lowest BCUT2D eigenvalue weighted by Crippen LogP contribution is -2.32. The fourth-order valence-electron chi connectivity index (χ4n) is 2.39. The van der Waals surface area contributed by atoms with Gasteiger partial charge in [-0.15, -0.1) is 0 Å². The first-order valence-corrected chi connectivity index (χ1v) is 7.82. The Labute approximate surface area is 129 Å². The summed E-state index contributed by atoms with van der Waals surface area (Å²) in [7, 11) is 1.90. The Kier molecular flexibility index (Phi) is 4.82. The van der Waals surface area contributed by atoms with Gasteiger partial charge in [-0.1, -0.05) is 13.8 Å². The molecule has 1 amide bonds. The number of nitrogens with zero attached hydrogens (tertiary/aromatic N) is 3. The van der Waals surface area contributed by atoms with E-state index in [2.05, 4.69) is 29.2 Å². The van der Waals surface area contributed by atoms with Gasteiger partial charge < -0.3 is 14.9 Å². The van der Waals surface area contributed by atoms with Crippen LogP contribution in [0.25, 0.3) is 11.2 Å². The first-order valence-electron chi connectivity index (χ1n) is 7.41. The Hall–Kier alpha value is -1.63. The van der Waals surface area contributed by atoms with Crippen molar-refractivity contribution in [2.45, 2.75) is 52.6 Å². The van der Waals surface area contributed by atoms with Crippen LogP contribution in [0.2, 0.25) is 0 Å². The minimum atomic E-state index is 0.0542. The smallest absolute Gasteiger partial charge is 0.222 e. The maximum absolute atomic E-state index is 11.9. The minimum absolute atomic E-state index is 0.0542. The van der Waals surface area contributed by atoms with Crippen LogP contribution < -0.4 is 5.32 Å². The van der Waals surface area contributed by atoms with Crippen molar-refractivity contribution in [2.75, 3.05) is 0 Å². The highest BCUT2D eigenvalue weighted by Gasteiger charge is 2.15. The first-order chi connectivity index (χ1) is 9.97. The number of aryl methyl sites for hydroxylation is 3. The number of amides is 1. The molecule has 21 heavy (non-hydrogen) atoms. The third kappa shape index (κ3) is 3.18. The second kappa shape index (κ2) is 6.43. The van der Waals surface area contributed by atoms with Gasteiger partial charge in [0, 0.05) is 26.1 Å². The highest BCUT2D eigenvalue weighted by atomic mass is 32.1. The molecule has 2 aromatic heterocycles. The number of fused-ring (bicyclic) bond motifs is 1. The Balaban J connectivity index is 2.19. The number of aromatic nitrogens is 4. The molecule has 2 heterocycles. The molecule has 0 aliphatic carbocycles. The molecule has 0 fully saturated rings. The predicted molar refractivity (Wildman–Crippen MR) is 85.8 cm³/mol. The number of carbonyl (C=O) groups excluding carboxylic acids is 1. The number of rotatable bonds is 6. The zero-order valence-corrected chi connectivity index (χ0v) is 13.9. The van der Waals surface area contributed by atoms with E-state index in [1.807, 2.05) is 23.2 Å². The molecule has 2 aromatic rings. The number of H-pyrrole nitrogens is 1. The van der Waals surface area contributed by atoms with Gasteiger partial charge in [0.15, 0.2) is 10.4 Å². The Morgan fingerprint density at radius 3 is 2.81 bits per heavy atom. The van der Waals surface area contributed by atoms with E-state index in [9.17, 15) is 4.79 Å². The second-order valence-corrected chi connectivity index (χ2v) is 5.72. The summed E-state index contributed by atoms with van der Waals surface area (Å²) < 4.78 is 4.42. The molecule has 0 aliphatic rings. The van der Waals surface area contributed by atoms with Crippen LogP contribution in [0.1, 0.15) is 39.3 Å². The van der Waals surface area contributed by atoms with Crippen molar-refractivity contribution in [1.29, 1.82) is 0 Å². The van der Waals surface area contributed by atoms with Gasteiger partial charge in [0.2, 0.25) is 5.91 Å². The molecule has 6 nitrogen and oxygen atoms in total. The molecule has 0 aromatic carbocycles. The molecule has 0 spiro atoms. The quantitative estimate of drug-likeness (QED) is 0.805. The Morgan fingerprint density at radius 1 is 1.48 bits per heavy atom. The third-order valence-electron chi connectivity index (χ3n) is 3.74. The maximum atomic E-state index is 11.9. The van der Waals surface area contributed by atoms with Gasteiger partial charge in [-0.25, -0.2) is 0 Å². The Morgan fingerprint density at radius 2 is 2.19 bits per heavy atom. The molecule has 7 heteroatoms. The summed E-state index contributed by atoms with van der Waals surface area (Å²) in [4.78, 5) is 15.1. The van der Waals surface area contributed by atoms with Gasteiger partial charge in [-0.3, -0.25) is 9.48 Å². The summed E-state index contributed by atoms with van der Waals surface area (Å²) in [5, 5.41) is 7.45. The van der Waals surface area contributed by atoms with E-state index in [-0.39, 0.29) is 11.9 Å². The van der Waals surface area contributed by atoms with Crippen LogP contribution >= 0.6 is 12.2 Å². The largest absolute Gasteiger partial charge is 0.354 e. The lowest BCUT2D eigenvalue weighted by Gasteiger charge is -2.11. The van der Waals surface area contributed by atoms with Crippen LogP contribution in [0.15, 0.2) is 0 Å². The summed E-state index contributed by atoms with van der Waals surface area (Å²) in [5.74, 6) is 0.0542. The normalized spacial score (nSPS) is 12.8. The van der Waals surface area contributed by atoms with Crippen molar-refractivity contribution in [3.8, 4) is 0 Å². The van der Waals surface area contributed by atoms with E-state index in [0.29, 0.717) is 17.7 Å². The van der Waals surface area contributed by atoms with Gasteiger partial charge in [-0.05, 0) is 32.0 Å². The molecule has 2 rings (SSSR count). The van der Waals surface area contributed by atoms with Crippen molar-refractivity contribution in [3.05, 3.63) is 10.5 Å². The van der Waals surface area contributed by atoms with Crippen LogP contribution in [0, 0.1) is 4.77 Å². The van der Waals surface area contributed by atoms with Gasteiger partial charge in [0.25, 0.3) is 0 Å². The molecule has 1 atom stereocenters. The highest BCUT2D eigenvalue weighted by Crippen LogP contribution is 2.18. The fourth-order valence-corrected chi connectivity index (χ4v) is 2.67. The lowest BCUT2D eigenvalue weighted by molar-refractivity contribution is -0.121. The summed E-state index contributed by atoms with van der Waals surface area (Å²) in [6.07, 6.45) is 2.19. The summed E-state index contributed by atoms with van der Waals surface area (Å²) in [6.45, 7) is 6.69. The number of nitrogens with one attached hydrogen (secondary N) is 2. The Bertz CT molecular complexity index is 696. The monoisotopic (exact) mass is 309 g/mol. The minimum Gasteiger partial charge on any atom is -0.354 e. The predicted octanol–water partition coefficient (Wildman–Crippen LogP) is 2.30. The van der Waals surface area contributed by atoms with Crippen LogP contribution in [-0.4, -0.2) is 31.3 Å². The number of hydrogen-bond donors (Lipinski definition) is 2. The van der Waals surface area contributed by atoms with Crippen molar-refractivity contribution in [1.82, 2.24) is 24.6 Å². The van der Waals surface area contributed by atoms with E-state index in [1.54, 1.807) is 0 Å². The van der Waals surface area contributed by atoms with Crippen molar-refractivity contribution < 1.29 is 4.79 Å². The SMILES string of the molecule is CCc1nn(C)c2c1[nH]c(=S)n2CCC(=O)NC(C)CC. The second-order valence-electron chi connectivity index (χ2n) is 5.33. The first kappa shape index (κ1) is 15.8. The van der Waals surface area contributed by atoms with Crippen molar-refractivity contribution in [3.63, 3.8) is 0 Å². The van der Waals surface area contributed by atoms with Gasteiger partial charge >= 0.3 is 0 Å². The maximum Gasteiger partial charge on any atom is 0.222 e. The fraction of sp³-hybridized carbons (Fsp3) is 0.643. The number of imidazole rings is 1. The van der Waals surface area contributed by atoms with Crippen LogP contribution in [0.4, 0.5) is 0 Å². The van der Waals surface area contributed by atoms with Gasteiger partial charge in [0.05, 0.1) is 5.69 Å². The van der Waals surface area contributed by atoms with Crippen molar-refractivity contribution >= 4 is 29.3 Å². The number of aromatic amines is 1. The van der Waals surface area contributed by atoms with E-state index in [4.69, 9.17) is 12.2 Å². The third-order valence-corrected chi connectivity index (χ3v) is 4.06. The van der Waals surface area contributed by atoms with Crippen LogP contribution in [-0.2, 0) is 24.8 Å². The molecule has 0 radical (unpaired) electrons. The molecule has 0 saturated carbocycles. The van der Waals surface area contributed by atoms with Gasteiger partial charge in [-0.2, -0.15) is 5.10 Å². The summed E-state index contributed by atoms with van der Waals surface area (Å²) in [5.41, 5.74) is 2.93. The molecule has 1 unspecified atom stereocenters. The topological polar surface area (TPSA) is 67.6 Å².